The molecule has 3 unspecified atom stereocenters. The van der Waals surface area contributed by atoms with E-state index in [1.807, 2.05) is 42.3 Å². The van der Waals surface area contributed by atoms with Gasteiger partial charge in [-0.25, -0.2) is 0 Å². The van der Waals surface area contributed by atoms with Gasteiger partial charge in [0.05, 0.1) is 0 Å². The molecule has 3 atom stereocenters. The first-order valence-electron chi connectivity index (χ1n) is 10.5. The molecule has 2 aliphatic carbocycles. The number of allylic oxidation sites excluding steroid dienone is 3. The van der Waals surface area contributed by atoms with Crippen molar-refractivity contribution in [3.05, 3.63) is 106 Å². The fourth-order valence-electron chi connectivity index (χ4n) is 3.87. The Hall–Kier alpha value is -2.01. The molecule has 3 aromatic rings. The van der Waals surface area contributed by atoms with Crippen LogP contribution in [0.5, 0.6) is 0 Å². The van der Waals surface area contributed by atoms with E-state index in [1.54, 1.807) is 0 Å². The quantitative estimate of drug-likeness (QED) is 0.383. The van der Waals surface area contributed by atoms with Crippen molar-refractivity contribution in [1.82, 2.24) is 0 Å². The summed E-state index contributed by atoms with van der Waals surface area (Å²) in [6.45, 7) is 2.14. The van der Waals surface area contributed by atoms with Crippen molar-refractivity contribution in [3.63, 3.8) is 0 Å². The lowest BCUT2D eigenvalue weighted by Gasteiger charge is -2.13. The molecule has 4 heteroatoms. The Bertz CT molecular complexity index is 1100. The fraction of sp³-hybridized carbons (Fsp3) is 0.185. The fourth-order valence-corrected chi connectivity index (χ4v) is 7.57. The molecule has 5 rings (SSSR count). The second-order valence-corrected chi connectivity index (χ2v) is 11.5. The van der Waals surface area contributed by atoms with Crippen LogP contribution < -0.4 is 5.32 Å². The third-order valence-corrected chi connectivity index (χ3v) is 9.18. The number of rotatable bonds is 7. The minimum absolute atomic E-state index is 0.609. The lowest BCUT2D eigenvalue weighted by molar-refractivity contribution is 0.962. The van der Waals surface area contributed by atoms with Crippen LogP contribution in [0, 0.1) is 18.8 Å². The monoisotopic (exact) mass is 459 g/mol. The van der Waals surface area contributed by atoms with E-state index in [1.165, 1.54) is 30.1 Å². The highest BCUT2D eigenvalue weighted by Crippen LogP contribution is 2.61. The highest BCUT2D eigenvalue weighted by Gasteiger charge is 2.53. The van der Waals surface area contributed by atoms with E-state index in [0.717, 1.165) is 5.69 Å². The van der Waals surface area contributed by atoms with E-state index in [-0.39, 0.29) is 0 Å². The summed E-state index contributed by atoms with van der Waals surface area (Å²) in [7, 11) is 1.97. The lowest BCUT2D eigenvalue weighted by Crippen LogP contribution is -1.92. The summed E-state index contributed by atoms with van der Waals surface area (Å²) < 4.78 is 0. The maximum Gasteiger partial charge on any atom is 0.0338 e. The molecule has 0 aliphatic heterocycles. The van der Waals surface area contributed by atoms with Crippen LogP contribution in [0.15, 0.2) is 116 Å². The van der Waals surface area contributed by atoms with Crippen LogP contribution in [0.2, 0.25) is 0 Å². The van der Waals surface area contributed by atoms with Gasteiger partial charge in [-0.1, -0.05) is 65.5 Å². The maximum atomic E-state index is 3.21. The first-order chi connectivity index (χ1) is 15.2. The maximum absolute atomic E-state index is 3.21. The van der Waals surface area contributed by atoms with Crippen molar-refractivity contribution < 1.29 is 0 Å². The molecule has 0 heterocycles. The van der Waals surface area contributed by atoms with Crippen molar-refractivity contribution >= 4 is 41.0 Å². The van der Waals surface area contributed by atoms with E-state index in [0.29, 0.717) is 17.1 Å². The van der Waals surface area contributed by atoms with Crippen LogP contribution in [-0.2, 0) is 0 Å². The number of aryl methyl sites for hydroxylation is 1. The Balaban J connectivity index is 1.37. The summed E-state index contributed by atoms with van der Waals surface area (Å²) in [6, 6.07) is 28.4. The van der Waals surface area contributed by atoms with E-state index >= 15 is 0 Å². The SMILES string of the molecule is CNc1ccc(SC2C3C=C(Sc4ccc(C)cc4)C=C(Sc4ccccc4)C32)cc1. The number of benzene rings is 3. The zero-order valence-corrected chi connectivity index (χ0v) is 20.1. The van der Waals surface area contributed by atoms with Gasteiger partial charge >= 0.3 is 0 Å². The molecule has 0 aromatic heterocycles. The molecule has 2 aliphatic rings. The van der Waals surface area contributed by atoms with E-state index in [4.69, 9.17) is 0 Å². The molecule has 0 radical (unpaired) electrons. The smallest absolute Gasteiger partial charge is 0.0338 e. The standard InChI is InChI=1S/C27H25NS3/c1-18-8-12-21(13-9-18)29-23-16-24-26(25(17-23)30-20-6-4-3-5-7-20)27(24)31-22-14-10-19(28-2)11-15-22/h3-17,24,26-28H,1-2H3. The average Bonchev–Trinajstić information content (AvgIpc) is 3.49. The number of nitrogens with one attached hydrogen (secondary N) is 1. The Morgan fingerprint density at radius 2 is 1.42 bits per heavy atom. The third kappa shape index (κ3) is 4.92. The Kier molecular flexibility index (Phi) is 6.22. The van der Waals surface area contributed by atoms with Gasteiger partial charge in [0.1, 0.15) is 0 Å². The summed E-state index contributed by atoms with van der Waals surface area (Å²) in [5.74, 6) is 1.22. The first kappa shape index (κ1) is 20.9. The molecule has 0 saturated heterocycles. The first-order valence-corrected chi connectivity index (χ1v) is 13.1. The second kappa shape index (κ2) is 9.23. The Morgan fingerprint density at radius 1 is 0.742 bits per heavy atom. The molecule has 1 nitrogen and oxygen atoms in total. The minimum atomic E-state index is 0.609. The van der Waals surface area contributed by atoms with Crippen LogP contribution >= 0.6 is 35.3 Å². The molecule has 0 bridgehead atoms. The molecule has 1 fully saturated rings. The number of hydrogen-bond donors (Lipinski definition) is 1. The summed E-state index contributed by atoms with van der Waals surface area (Å²) in [5, 5.41) is 3.82. The molecule has 3 aromatic carbocycles. The van der Waals surface area contributed by atoms with Gasteiger partial charge in [0, 0.05) is 43.5 Å². The molecule has 156 valence electrons. The van der Waals surface area contributed by atoms with Crippen molar-refractivity contribution in [1.29, 1.82) is 0 Å². The van der Waals surface area contributed by atoms with Crippen molar-refractivity contribution in [2.75, 3.05) is 12.4 Å². The minimum Gasteiger partial charge on any atom is -0.388 e. The number of hydrogen-bond acceptors (Lipinski definition) is 4. The molecule has 0 amide bonds. The van der Waals surface area contributed by atoms with Gasteiger partial charge in [-0.2, -0.15) is 0 Å². The average molecular weight is 460 g/mol. The second-order valence-electron chi connectivity index (χ2n) is 7.91. The zero-order valence-electron chi connectivity index (χ0n) is 17.6. The topological polar surface area (TPSA) is 12.0 Å². The van der Waals surface area contributed by atoms with Crippen molar-refractivity contribution in [3.8, 4) is 0 Å². The van der Waals surface area contributed by atoms with Crippen LogP contribution in [0.1, 0.15) is 5.56 Å². The van der Waals surface area contributed by atoms with Gasteiger partial charge in [-0.05, 0) is 72.4 Å². The van der Waals surface area contributed by atoms with Gasteiger partial charge in [0.15, 0.2) is 0 Å². The lowest BCUT2D eigenvalue weighted by atomic mass is 10.2. The van der Waals surface area contributed by atoms with E-state index in [2.05, 4.69) is 103 Å². The largest absolute Gasteiger partial charge is 0.388 e. The predicted octanol–water partition coefficient (Wildman–Crippen LogP) is 8.11. The van der Waals surface area contributed by atoms with Crippen LogP contribution in [-0.4, -0.2) is 12.3 Å². The highest BCUT2D eigenvalue weighted by atomic mass is 32.2. The van der Waals surface area contributed by atoms with Gasteiger partial charge in [0.2, 0.25) is 0 Å². The molecule has 1 saturated carbocycles. The van der Waals surface area contributed by atoms with Crippen molar-refractivity contribution in [2.24, 2.45) is 11.8 Å². The number of fused-ring (bicyclic) bond motifs is 1. The molecule has 31 heavy (non-hydrogen) atoms. The van der Waals surface area contributed by atoms with Crippen LogP contribution in [0.25, 0.3) is 0 Å². The normalized spacial score (nSPS) is 21.7. The van der Waals surface area contributed by atoms with Gasteiger partial charge in [0.25, 0.3) is 0 Å². The highest BCUT2D eigenvalue weighted by molar-refractivity contribution is 8.04. The van der Waals surface area contributed by atoms with Gasteiger partial charge in [-0.15, -0.1) is 11.8 Å². The summed E-state index contributed by atoms with van der Waals surface area (Å²) in [4.78, 5) is 6.85. The third-order valence-electron chi connectivity index (χ3n) is 5.63. The van der Waals surface area contributed by atoms with E-state index in [9.17, 15) is 0 Å². The van der Waals surface area contributed by atoms with Crippen LogP contribution in [0.4, 0.5) is 5.69 Å². The van der Waals surface area contributed by atoms with E-state index < -0.39 is 0 Å². The van der Waals surface area contributed by atoms with Crippen LogP contribution in [0.3, 0.4) is 0 Å². The Morgan fingerprint density at radius 3 is 2.13 bits per heavy atom. The summed E-state index contributed by atoms with van der Waals surface area (Å²) in [5.41, 5.74) is 2.47. The Labute approximate surface area is 197 Å². The molecular formula is C27H25NS3. The molecule has 1 N–H and O–H groups in total. The predicted molar refractivity (Wildman–Crippen MR) is 138 cm³/mol. The van der Waals surface area contributed by atoms with Crippen molar-refractivity contribution in [2.45, 2.75) is 26.9 Å². The summed E-state index contributed by atoms with van der Waals surface area (Å²) >= 11 is 5.84. The molecule has 0 spiro atoms. The van der Waals surface area contributed by atoms with Gasteiger partial charge < -0.3 is 5.32 Å². The number of thioether (sulfide) groups is 3. The zero-order chi connectivity index (χ0) is 21.2. The molecular weight excluding hydrogens is 435 g/mol. The summed E-state index contributed by atoms with van der Waals surface area (Å²) in [6.07, 6.45) is 4.93. The number of anilines is 1. The van der Waals surface area contributed by atoms with Gasteiger partial charge in [-0.3, -0.25) is 0 Å².